The summed E-state index contributed by atoms with van der Waals surface area (Å²) < 4.78 is 164. The van der Waals surface area contributed by atoms with Crippen LogP contribution in [-0.2, 0) is 24.8 Å². The molecule has 95 heavy (non-hydrogen) atoms. The van der Waals surface area contributed by atoms with Gasteiger partial charge in [-0.2, -0.15) is 14.5 Å². The second-order valence-corrected chi connectivity index (χ2v) is 24.8. The Bertz CT molecular complexity index is 5630. The van der Waals surface area contributed by atoms with Crippen molar-refractivity contribution in [2.24, 2.45) is 0 Å². The number of fused-ring (bicyclic) bond motifs is 4. The van der Waals surface area contributed by atoms with E-state index in [1.807, 2.05) is 0 Å². The fourth-order valence-corrected chi connectivity index (χ4v) is 13.3. The van der Waals surface area contributed by atoms with Gasteiger partial charge in [-0.15, -0.1) is 0 Å². The molecule has 0 aliphatic heterocycles. The molecule has 480 valence electrons. The van der Waals surface area contributed by atoms with E-state index in [1.165, 1.54) is 87.0 Å². The van der Waals surface area contributed by atoms with Gasteiger partial charge in [-0.05, 0) is 115 Å². The van der Waals surface area contributed by atoms with Crippen molar-refractivity contribution in [2.75, 3.05) is 9.03 Å². The first-order chi connectivity index (χ1) is 44.9. The molecule has 6 aromatic heterocycles. The summed E-state index contributed by atoms with van der Waals surface area (Å²) in [7, 11) is -10.0. The van der Waals surface area contributed by atoms with Gasteiger partial charge in [0.1, 0.15) is 50.2 Å². The molecule has 0 aliphatic rings. The third-order valence-corrected chi connectivity index (χ3v) is 18.2. The summed E-state index contributed by atoms with van der Waals surface area (Å²) in [6.45, 7) is 7.35. The monoisotopic (exact) mass is 1340 g/mol. The zero-order chi connectivity index (χ0) is 68.6. The van der Waals surface area contributed by atoms with Crippen molar-refractivity contribution < 1.29 is 81.1 Å². The highest BCUT2D eigenvalue weighted by Gasteiger charge is 2.37. The third-order valence-electron chi connectivity index (χ3n) is 15.0. The zero-order valence-corrected chi connectivity index (χ0v) is 51.5. The number of rotatable bonds is 12. The lowest BCUT2D eigenvalue weighted by Crippen LogP contribution is -2.37. The molecule has 0 radical (unpaired) electrons. The lowest BCUT2D eigenvalue weighted by molar-refractivity contribution is -0.115. The molecule has 12 rings (SSSR count). The van der Waals surface area contributed by atoms with Gasteiger partial charge >= 0.3 is 0 Å². The molecule has 0 saturated heterocycles. The molecule has 1 amide bonds. The number of hydrogen-bond donors (Lipinski definition) is 1. The second-order valence-electron chi connectivity index (χ2n) is 21.4. The van der Waals surface area contributed by atoms with E-state index >= 15 is 17.6 Å². The first-order valence-corrected chi connectivity index (χ1v) is 30.7. The molecular formula is C65H43F7N10O11S2. The van der Waals surface area contributed by atoms with E-state index in [2.05, 4.69) is 20.2 Å². The van der Waals surface area contributed by atoms with Crippen LogP contribution in [0.25, 0.3) is 66.1 Å². The number of nitrogens with one attached hydrogen (secondary N) is 1. The van der Waals surface area contributed by atoms with Crippen LogP contribution in [-0.4, -0.2) is 96.6 Å². The van der Waals surface area contributed by atoms with Gasteiger partial charge in [0.2, 0.25) is 41.1 Å². The maximum Gasteiger partial charge on any atom is 0.273 e. The summed E-state index contributed by atoms with van der Waals surface area (Å²) in [5, 5.41) is 9.44. The largest absolute Gasteiger partial charge is 0.288 e. The van der Waals surface area contributed by atoms with E-state index in [-0.39, 0.29) is 49.3 Å². The van der Waals surface area contributed by atoms with E-state index in [0.717, 1.165) is 40.6 Å². The van der Waals surface area contributed by atoms with Crippen LogP contribution >= 0.6 is 0 Å². The molecule has 0 spiro atoms. The Labute approximate surface area is 531 Å². The number of pyridine rings is 2. The minimum atomic E-state index is -5.09. The van der Waals surface area contributed by atoms with E-state index in [9.17, 15) is 63.6 Å². The number of ketones is 2. The van der Waals surface area contributed by atoms with Crippen molar-refractivity contribution in [3.05, 3.63) is 215 Å². The number of hydrogen-bond acceptors (Lipinski definition) is 15. The first kappa shape index (κ1) is 64.9. The quantitative estimate of drug-likeness (QED) is 0.0879. The number of sulfonamides is 2. The number of nitrogens with zero attached hydrogens (tertiary/aromatic N) is 9. The minimum Gasteiger partial charge on any atom is -0.288 e. The van der Waals surface area contributed by atoms with E-state index in [1.54, 1.807) is 41.1 Å². The van der Waals surface area contributed by atoms with Crippen molar-refractivity contribution in [3.8, 4) is 22.3 Å². The molecule has 6 heterocycles. The van der Waals surface area contributed by atoms with Crippen LogP contribution < -0.4 is 9.03 Å². The van der Waals surface area contributed by atoms with Crippen LogP contribution in [0.3, 0.4) is 0 Å². The lowest BCUT2D eigenvalue weighted by Gasteiger charge is -2.23. The van der Waals surface area contributed by atoms with Gasteiger partial charge in [-0.25, -0.2) is 66.9 Å². The highest BCUT2D eigenvalue weighted by molar-refractivity contribution is 7.93. The van der Waals surface area contributed by atoms with E-state index in [0.29, 0.717) is 92.1 Å². The first-order valence-electron chi connectivity index (χ1n) is 27.8. The Morgan fingerprint density at radius 2 is 0.937 bits per heavy atom. The fourth-order valence-electron chi connectivity index (χ4n) is 10.6. The molecular weight excluding hydrogens is 1290 g/mol. The predicted molar refractivity (Wildman–Crippen MR) is 330 cm³/mol. The number of carbonyl (C=O) groups excluding carboxylic acids is 7. The number of amides is 1. The molecule has 12 aromatic rings. The van der Waals surface area contributed by atoms with E-state index in [4.69, 9.17) is 0 Å². The normalized spacial score (nSPS) is 11.7. The number of benzene rings is 6. The predicted octanol–water partition coefficient (Wildman–Crippen LogP) is 12.0. The molecule has 21 nitrogen and oxygen atoms in total. The average Bonchev–Trinajstić information content (AvgIpc) is 1.73. The topological polar surface area (TPSA) is 274 Å². The maximum atomic E-state index is 16.3. The van der Waals surface area contributed by atoms with Crippen molar-refractivity contribution in [3.63, 3.8) is 0 Å². The average molecular weight is 1340 g/mol. The maximum absolute atomic E-state index is 16.3. The van der Waals surface area contributed by atoms with Crippen LogP contribution in [0.1, 0.15) is 91.2 Å². The Morgan fingerprint density at radius 3 is 1.42 bits per heavy atom. The number of anilines is 2. The lowest BCUT2D eigenvalue weighted by atomic mass is 9.99. The summed E-state index contributed by atoms with van der Waals surface area (Å²) in [6, 6.07) is 20.3. The van der Waals surface area contributed by atoms with Crippen molar-refractivity contribution in [1.82, 2.24) is 38.7 Å². The van der Waals surface area contributed by atoms with Gasteiger partial charge in [-0.1, -0.05) is 18.2 Å². The Hall–Kier alpha value is -11.7. The highest BCUT2D eigenvalue weighted by atomic mass is 32.2. The summed E-state index contributed by atoms with van der Waals surface area (Å²) in [4.78, 5) is 95.7. The number of halogens is 7. The molecule has 0 fully saturated rings. The molecule has 0 saturated carbocycles. The number of aromatic nitrogens is 8. The van der Waals surface area contributed by atoms with Crippen molar-refractivity contribution in [1.29, 1.82) is 0 Å². The van der Waals surface area contributed by atoms with Crippen LogP contribution in [0.5, 0.6) is 0 Å². The third kappa shape index (κ3) is 11.7. The molecule has 30 heteroatoms. The van der Waals surface area contributed by atoms with Gasteiger partial charge < -0.3 is 0 Å². The van der Waals surface area contributed by atoms with Gasteiger partial charge in [0.15, 0.2) is 11.6 Å². The Balaban J connectivity index is 0.000000194. The molecule has 0 atom stereocenters. The van der Waals surface area contributed by atoms with Gasteiger partial charge in [0.25, 0.3) is 20.0 Å². The minimum absolute atomic E-state index is 0.00401. The van der Waals surface area contributed by atoms with Crippen LogP contribution in [0.4, 0.5) is 42.1 Å². The molecule has 1 N–H and O–H groups in total. The standard InChI is InChI=1S/C34H24F3N5O6S.C31H19F4N5O5S/c1-17-5-7-26(35)30(11-17)49(47,48)42(20(4)45)29-10-8-27(36)31(32(29)37)33(46)25-16-40(18(2)43)34-24(25)13-22(14-38-34)21-6-9-28-23(12-21)15-39-41(28)19(3)44;1-15(41)39-14-22(21-10-18(12-36-31(21)39)17-3-8-26-19(9-17)13-37-40(26)16(2)42)30(43)28-24(34)6-7-25(29(28)35)38-46(44,45)27-11-20(32)4-5-23(27)33/h5-16H,1-4H3;3-14,38H,1-2H3. The van der Waals surface area contributed by atoms with Gasteiger partial charge in [-0.3, -0.25) is 47.4 Å². The summed E-state index contributed by atoms with van der Waals surface area (Å²) in [5.74, 6) is -15.3. The molecule has 0 bridgehead atoms. The Morgan fingerprint density at radius 1 is 0.474 bits per heavy atom. The zero-order valence-electron chi connectivity index (χ0n) is 49.8. The Kier molecular flexibility index (Phi) is 16.7. The van der Waals surface area contributed by atoms with Crippen LogP contribution in [0, 0.1) is 47.6 Å². The fraction of sp³-hybridized carbons (Fsp3) is 0.0923. The highest BCUT2D eigenvalue weighted by Crippen LogP contribution is 2.37. The number of carbonyl (C=O) groups is 7. The van der Waals surface area contributed by atoms with Gasteiger partial charge in [0.05, 0.1) is 57.1 Å². The van der Waals surface area contributed by atoms with Crippen LogP contribution in [0.15, 0.2) is 156 Å². The smallest absolute Gasteiger partial charge is 0.273 e. The molecule has 6 aromatic carbocycles. The van der Waals surface area contributed by atoms with Crippen LogP contribution in [0.2, 0.25) is 0 Å². The van der Waals surface area contributed by atoms with Crippen molar-refractivity contribution in [2.45, 2.75) is 51.3 Å². The SMILES string of the molecule is CC(=O)N(c1ccc(F)c(C(=O)c2cn(C(C)=O)c3ncc(-c4ccc5c(cnn5C(C)=O)c4)cc23)c1F)S(=O)(=O)c1cc(C)ccc1F.CC(=O)n1cc(C(=O)c2c(F)ccc(NS(=O)(=O)c3cc(F)ccc3F)c2F)c2cc(-c3ccc4c(cnn4C(C)=O)c3)cnc21. The number of aryl methyl sites for hydroxylation is 1. The van der Waals surface area contributed by atoms with Crippen molar-refractivity contribution >= 4 is 116 Å². The summed E-state index contributed by atoms with van der Waals surface area (Å²) >= 11 is 0. The summed E-state index contributed by atoms with van der Waals surface area (Å²) in [5.41, 5.74) is -1.60. The molecule has 0 unspecified atom stereocenters. The van der Waals surface area contributed by atoms with E-state index < -0.39 is 122 Å². The second kappa shape index (κ2) is 24.4. The summed E-state index contributed by atoms with van der Waals surface area (Å²) in [6.07, 6.45) is 7.94. The van der Waals surface area contributed by atoms with Gasteiger partial charge in [0, 0.05) is 92.1 Å². The molecule has 0 aliphatic carbocycles.